The first kappa shape index (κ1) is 22.1. The summed E-state index contributed by atoms with van der Waals surface area (Å²) in [6, 6.07) is 10.4. The highest BCUT2D eigenvalue weighted by atomic mass is 35.5. The molecule has 1 aliphatic heterocycles. The predicted molar refractivity (Wildman–Crippen MR) is 120 cm³/mol. The van der Waals surface area contributed by atoms with Crippen molar-refractivity contribution >= 4 is 29.1 Å². The molecular formula is C23H22ClF2N5O. The Bertz CT molecular complexity index is 1100. The van der Waals surface area contributed by atoms with E-state index in [1.165, 1.54) is 18.3 Å². The van der Waals surface area contributed by atoms with E-state index in [1.54, 1.807) is 24.3 Å². The number of rotatable bonds is 6. The summed E-state index contributed by atoms with van der Waals surface area (Å²) in [5.41, 5.74) is 1.64. The molecule has 0 saturated carbocycles. The Balaban J connectivity index is 1.49. The lowest BCUT2D eigenvalue weighted by Crippen LogP contribution is -2.37. The predicted octanol–water partition coefficient (Wildman–Crippen LogP) is 4.63. The number of anilines is 2. The molecule has 1 saturated heterocycles. The Labute approximate surface area is 189 Å². The van der Waals surface area contributed by atoms with E-state index in [0.717, 1.165) is 25.5 Å². The molecule has 32 heavy (non-hydrogen) atoms. The molecule has 6 nitrogen and oxygen atoms in total. The van der Waals surface area contributed by atoms with Crippen LogP contribution < -0.4 is 16.0 Å². The number of carbonyl (C=O) groups is 1. The number of aromatic nitrogens is 2. The van der Waals surface area contributed by atoms with Gasteiger partial charge in [0, 0.05) is 30.9 Å². The third-order valence-electron chi connectivity index (χ3n) is 5.20. The number of pyridine rings is 2. The van der Waals surface area contributed by atoms with Crippen molar-refractivity contribution in [2.75, 3.05) is 23.7 Å². The highest BCUT2D eigenvalue weighted by Crippen LogP contribution is 2.29. The smallest absolute Gasteiger partial charge is 0.229 e. The summed E-state index contributed by atoms with van der Waals surface area (Å²) in [6.45, 7) is 1.78. The first-order valence-corrected chi connectivity index (χ1v) is 10.7. The van der Waals surface area contributed by atoms with Crippen LogP contribution in [0.15, 0.2) is 48.7 Å². The third kappa shape index (κ3) is 5.57. The zero-order chi connectivity index (χ0) is 22.5. The molecule has 0 spiro atoms. The largest absolute Gasteiger partial charge is 0.366 e. The van der Waals surface area contributed by atoms with Crippen molar-refractivity contribution in [2.24, 2.45) is 5.92 Å². The Morgan fingerprint density at radius 2 is 1.97 bits per heavy atom. The van der Waals surface area contributed by atoms with E-state index < -0.39 is 11.6 Å². The maximum absolute atomic E-state index is 13.4. The summed E-state index contributed by atoms with van der Waals surface area (Å²) >= 11 is 6.35. The van der Waals surface area contributed by atoms with Crippen LogP contribution in [0.4, 0.5) is 20.4 Å². The van der Waals surface area contributed by atoms with Crippen LogP contribution in [0.25, 0.3) is 11.3 Å². The molecule has 1 fully saturated rings. The third-order valence-corrected chi connectivity index (χ3v) is 5.50. The molecule has 4 rings (SSSR count). The van der Waals surface area contributed by atoms with Crippen molar-refractivity contribution in [1.82, 2.24) is 15.3 Å². The van der Waals surface area contributed by atoms with Crippen LogP contribution in [0.2, 0.25) is 5.02 Å². The molecule has 0 radical (unpaired) electrons. The van der Waals surface area contributed by atoms with E-state index in [2.05, 4.69) is 25.9 Å². The number of halogens is 3. The summed E-state index contributed by atoms with van der Waals surface area (Å²) < 4.78 is 26.8. The van der Waals surface area contributed by atoms with Crippen LogP contribution in [0, 0.1) is 17.6 Å². The molecule has 0 aliphatic carbocycles. The summed E-state index contributed by atoms with van der Waals surface area (Å²) in [5, 5.41) is 9.52. The van der Waals surface area contributed by atoms with Crippen molar-refractivity contribution in [1.29, 1.82) is 0 Å². The van der Waals surface area contributed by atoms with E-state index in [4.69, 9.17) is 11.6 Å². The normalized spacial score (nSPS) is 15.9. The molecule has 3 aromatic rings. The van der Waals surface area contributed by atoms with E-state index in [-0.39, 0.29) is 18.4 Å². The van der Waals surface area contributed by atoms with Crippen molar-refractivity contribution < 1.29 is 13.6 Å². The van der Waals surface area contributed by atoms with Crippen molar-refractivity contribution in [3.63, 3.8) is 0 Å². The highest BCUT2D eigenvalue weighted by molar-refractivity contribution is 6.33. The first-order chi connectivity index (χ1) is 15.5. The van der Waals surface area contributed by atoms with Gasteiger partial charge in [-0.2, -0.15) is 0 Å². The van der Waals surface area contributed by atoms with E-state index in [0.29, 0.717) is 40.0 Å². The number of hydrogen-bond donors (Lipinski definition) is 3. The lowest BCUT2D eigenvalue weighted by Gasteiger charge is -2.21. The number of nitrogens with one attached hydrogen (secondary N) is 3. The summed E-state index contributed by atoms with van der Waals surface area (Å²) in [4.78, 5) is 21.3. The minimum absolute atomic E-state index is 0.0799. The fraction of sp³-hybridized carbons (Fsp3) is 0.261. The molecule has 1 aromatic carbocycles. The molecule has 3 heterocycles. The van der Waals surface area contributed by atoms with E-state index in [1.807, 2.05) is 0 Å². The Kier molecular flexibility index (Phi) is 6.92. The van der Waals surface area contributed by atoms with Gasteiger partial charge in [-0.15, -0.1) is 0 Å². The topological polar surface area (TPSA) is 78.9 Å². The number of hydrogen-bond acceptors (Lipinski definition) is 5. The SMILES string of the molecule is O=C(Nc1cc(-c2cccc(NCc3cc(F)cc(F)c3)n2)c(Cl)cn1)[C@@H]1CCCNC1. The van der Waals surface area contributed by atoms with Crippen LogP contribution in [0.5, 0.6) is 0 Å². The van der Waals surface area contributed by atoms with Gasteiger partial charge in [-0.25, -0.2) is 18.7 Å². The maximum atomic E-state index is 13.4. The average Bonchev–Trinajstić information content (AvgIpc) is 2.79. The molecule has 9 heteroatoms. The van der Waals surface area contributed by atoms with Crippen molar-refractivity contribution in [2.45, 2.75) is 19.4 Å². The maximum Gasteiger partial charge on any atom is 0.229 e. The van der Waals surface area contributed by atoms with Crippen molar-refractivity contribution in [3.8, 4) is 11.3 Å². The second-order valence-electron chi connectivity index (χ2n) is 7.62. The molecule has 2 aromatic heterocycles. The lowest BCUT2D eigenvalue weighted by molar-refractivity contribution is -0.120. The average molecular weight is 458 g/mol. The molecule has 1 aliphatic rings. The number of piperidine rings is 1. The molecular weight excluding hydrogens is 436 g/mol. The van der Waals surface area contributed by atoms with Gasteiger partial charge in [-0.1, -0.05) is 17.7 Å². The van der Waals surface area contributed by atoms with Crippen LogP contribution >= 0.6 is 11.6 Å². The lowest BCUT2D eigenvalue weighted by atomic mass is 9.99. The second-order valence-corrected chi connectivity index (χ2v) is 8.03. The molecule has 166 valence electrons. The Morgan fingerprint density at radius 3 is 2.72 bits per heavy atom. The first-order valence-electron chi connectivity index (χ1n) is 10.3. The minimum Gasteiger partial charge on any atom is -0.366 e. The summed E-state index contributed by atoms with van der Waals surface area (Å²) in [5.74, 6) is -0.530. The molecule has 0 bridgehead atoms. The quantitative estimate of drug-likeness (QED) is 0.503. The number of nitrogens with zero attached hydrogens (tertiary/aromatic N) is 2. The van der Waals surface area contributed by atoms with Gasteiger partial charge in [0.25, 0.3) is 0 Å². The number of amides is 1. The Morgan fingerprint density at radius 1 is 1.16 bits per heavy atom. The Hall–Kier alpha value is -3.10. The van der Waals surface area contributed by atoms with Crippen LogP contribution in [0.1, 0.15) is 18.4 Å². The van der Waals surface area contributed by atoms with Crippen LogP contribution in [-0.2, 0) is 11.3 Å². The zero-order valence-electron chi connectivity index (χ0n) is 17.2. The fourth-order valence-corrected chi connectivity index (χ4v) is 3.80. The fourth-order valence-electron chi connectivity index (χ4n) is 3.60. The zero-order valence-corrected chi connectivity index (χ0v) is 17.9. The van der Waals surface area contributed by atoms with Crippen LogP contribution in [-0.4, -0.2) is 29.0 Å². The van der Waals surface area contributed by atoms with Crippen molar-refractivity contribution in [3.05, 3.63) is 70.9 Å². The minimum atomic E-state index is -0.634. The van der Waals surface area contributed by atoms with Gasteiger partial charge in [0.1, 0.15) is 23.3 Å². The van der Waals surface area contributed by atoms with E-state index in [9.17, 15) is 13.6 Å². The van der Waals surface area contributed by atoms with Gasteiger partial charge < -0.3 is 16.0 Å². The van der Waals surface area contributed by atoms with Gasteiger partial charge in [0.05, 0.1) is 16.6 Å². The molecule has 3 N–H and O–H groups in total. The number of carbonyl (C=O) groups excluding carboxylic acids is 1. The van der Waals surface area contributed by atoms with Gasteiger partial charge >= 0.3 is 0 Å². The number of benzene rings is 1. The van der Waals surface area contributed by atoms with Gasteiger partial charge in [-0.3, -0.25) is 4.79 Å². The molecule has 1 atom stereocenters. The van der Waals surface area contributed by atoms with Crippen LogP contribution in [0.3, 0.4) is 0 Å². The molecule has 0 unspecified atom stereocenters. The van der Waals surface area contributed by atoms with E-state index >= 15 is 0 Å². The summed E-state index contributed by atoms with van der Waals surface area (Å²) in [7, 11) is 0. The van der Waals surface area contributed by atoms with Gasteiger partial charge in [0.2, 0.25) is 5.91 Å². The monoisotopic (exact) mass is 457 g/mol. The highest BCUT2D eigenvalue weighted by Gasteiger charge is 2.21. The molecule has 1 amide bonds. The summed E-state index contributed by atoms with van der Waals surface area (Å²) in [6.07, 6.45) is 3.27. The second kappa shape index (κ2) is 10.0. The van der Waals surface area contributed by atoms with Gasteiger partial charge in [-0.05, 0) is 55.3 Å². The standard InChI is InChI=1S/C23H22ClF2N5O/c24-19-13-29-22(31-23(32)15-3-2-6-27-12-15)10-18(19)20-4-1-5-21(30-20)28-11-14-7-16(25)9-17(26)8-14/h1,4-5,7-10,13,15,27H,2-3,6,11-12H2,(H,28,30)(H,29,31,32)/t15-/m1/s1. The van der Waals surface area contributed by atoms with Gasteiger partial charge in [0.15, 0.2) is 0 Å².